The molecule has 5 nitrogen and oxygen atoms in total. The number of benzene rings is 2. The average Bonchev–Trinajstić information content (AvgIpc) is 2.92. The molecule has 0 saturated carbocycles. The van der Waals surface area contributed by atoms with Gasteiger partial charge in [0.1, 0.15) is 6.33 Å². The van der Waals surface area contributed by atoms with Crippen LogP contribution < -0.4 is 4.74 Å². The Hall–Kier alpha value is -1.99. The molecule has 0 N–H and O–H groups in total. The highest BCUT2D eigenvalue weighted by Crippen LogP contribution is 2.34. The molecule has 0 aliphatic rings. The fourth-order valence-electron chi connectivity index (χ4n) is 2.22. The van der Waals surface area contributed by atoms with Crippen LogP contribution in [0.15, 0.2) is 51.7 Å². The molecule has 3 rings (SSSR count). The second-order valence-corrected chi connectivity index (χ2v) is 6.54. The van der Waals surface area contributed by atoms with Gasteiger partial charge in [0.15, 0.2) is 5.75 Å². The van der Waals surface area contributed by atoms with Crippen LogP contribution in [-0.4, -0.2) is 21.4 Å². The van der Waals surface area contributed by atoms with Gasteiger partial charge in [-0.25, -0.2) is 4.98 Å². The van der Waals surface area contributed by atoms with Crippen molar-refractivity contribution in [3.8, 4) is 5.75 Å². The Labute approximate surface area is 148 Å². The zero-order chi connectivity index (χ0) is 16.6. The van der Waals surface area contributed by atoms with E-state index in [9.17, 15) is 9.59 Å². The second-order valence-electron chi connectivity index (χ2n) is 4.77. The van der Waals surface area contributed by atoms with Crippen LogP contribution in [0.2, 0.25) is 0 Å². The molecule has 0 bridgehead atoms. The van der Waals surface area contributed by atoms with Crippen molar-refractivity contribution >= 4 is 54.8 Å². The number of hydrogen-bond acceptors (Lipinski definition) is 4. The molecule has 7 heteroatoms. The van der Waals surface area contributed by atoms with Crippen molar-refractivity contribution < 1.29 is 14.3 Å². The van der Waals surface area contributed by atoms with E-state index in [2.05, 4.69) is 36.8 Å². The van der Waals surface area contributed by atoms with E-state index in [1.807, 2.05) is 18.2 Å². The number of carbonyl (C=O) groups excluding carboxylic acids is 2. The van der Waals surface area contributed by atoms with E-state index in [1.54, 1.807) is 18.2 Å². The first-order chi connectivity index (χ1) is 11.0. The molecule has 0 saturated heterocycles. The monoisotopic (exact) mass is 436 g/mol. The highest BCUT2D eigenvalue weighted by molar-refractivity contribution is 9.11. The number of esters is 1. The van der Waals surface area contributed by atoms with E-state index < -0.39 is 5.97 Å². The molecule has 23 heavy (non-hydrogen) atoms. The Morgan fingerprint density at radius 1 is 1.17 bits per heavy atom. The minimum Gasteiger partial charge on any atom is -0.425 e. The lowest BCUT2D eigenvalue weighted by Crippen LogP contribution is -2.14. The smallest absolute Gasteiger partial charge is 0.308 e. The third-order valence-corrected chi connectivity index (χ3v) is 4.20. The first-order valence-electron chi connectivity index (χ1n) is 6.61. The van der Waals surface area contributed by atoms with Gasteiger partial charge < -0.3 is 4.74 Å². The predicted octanol–water partition coefficient (Wildman–Crippen LogP) is 4.18. The maximum Gasteiger partial charge on any atom is 0.308 e. The van der Waals surface area contributed by atoms with Gasteiger partial charge >= 0.3 is 5.97 Å². The van der Waals surface area contributed by atoms with Crippen LogP contribution in [0.3, 0.4) is 0 Å². The number of carbonyl (C=O) groups is 2. The van der Waals surface area contributed by atoms with Crippen molar-refractivity contribution in [2.24, 2.45) is 0 Å². The van der Waals surface area contributed by atoms with E-state index in [0.717, 1.165) is 0 Å². The molecular weight excluding hydrogens is 428 g/mol. The molecule has 0 unspecified atom stereocenters. The average molecular weight is 438 g/mol. The van der Waals surface area contributed by atoms with Gasteiger partial charge in [-0.1, -0.05) is 28.1 Å². The first kappa shape index (κ1) is 15.9. The summed E-state index contributed by atoms with van der Waals surface area (Å²) in [5.41, 5.74) is 1.65. The minimum absolute atomic E-state index is 0.184. The highest BCUT2D eigenvalue weighted by Gasteiger charge is 2.21. The van der Waals surface area contributed by atoms with Crippen LogP contribution >= 0.6 is 31.9 Å². The molecular formula is C16H10Br2N2O3. The van der Waals surface area contributed by atoms with Crippen LogP contribution in [0.1, 0.15) is 17.3 Å². The SMILES string of the molecule is CC(=O)Oc1c(Br)cc(Br)cc1C(=O)n1cnc2ccccc21. The number of rotatable bonds is 2. The van der Waals surface area contributed by atoms with E-state index in [4.69, 9.17) is 4.74 Å². The van der Waals surface area contributed by atoms with Crippen molar-refractivity contribution in [2.75, 3.05) is 0 Å². The Balaban J connectivity index is 2.17. The molecule has 0 fully saturated rings. The van der Waals surface area contributed by atoms with Gasteiger partial charge in [-0.05, 0) is 40.2 Å². The van der Waals surface area contributed by atoms with Gasteiger partial charge in [-0.2, -0.15) is 0 Å². The zero-order valence-corrected chi connectivity index (χ0v) is 15.1. The highest BCUT2D eigenvalue weighted by atomic mass is 79.9. The van der Waals surface area contributed by atoms with Gasteiger partial charge in [-0.3, -0.25) is 14.2 Å². The third-order valence-electron chi connectivity index (χ3n) is 3.16. The van der Waals surface area contributed by atoms with Crippen molar-refractivity contribution in [2.45, 2.75) is 6.92 Å². The summed E-state index contributed by atoms with van der Waals surface area (Å²) in [4.78, 5) is 28.5. The first-order valence-corrected chi connectivity index (χ1v) is 8.20. The number of nitrogens with zero attached hydrogens (tertiary/aromatic N) is 2. The summed E-state index contributed by atoms with van der Waals surface area (Å²) in [6, 6.07) is 10.6. The van der Waals surface area contributed by atoms with Crippen molar-refractivity contribution in [1.82, 2.24) is 9.55 Å². The maximum absolute atomic E-state index is 12.9. The Morgan fingerprint density at radius 2 is 1.91 bits per heavy atom. The predicted molar refractivity (Wildman–Crippen MR) is 92.6 cm³/mol. The summed E-state index contributed by atoms with van der Waals surface area (Å²) in [6.45, 7) is 1.29. The second kappa shape index (κ2) is 6.25. The number of imidazole rings is 1. The van der Waals surface area contributed by atoms with Gasteiger partial charge in [0, 0.05) is 11.4 Å². The van der Waals surface area contributed by atoms with E-state index >= 15 is 0 Å². The standard InChI is InChI=1S/C16H10Br2N2O3/c1-9(21)23-15-11(6-10(17)7-12(15)18)16(22)20-8-19-13-4-2-3-5-14(13)20/h2-8H,1H3. The number of fused-ring (bicyclic) bond motifs is 1. The fourth-order valence-corrected chi connectivity index (χ4v) is 3.52. The number of aromatic nitrogens is 2. The van der Waals surface area contributed by atoms with E-state index in [-0.39, 0.29) is 17.2 Å². The van der Waals surface area contributed by atoms with Gasteiger partial charge in [0.2, 0.25) is 0 Å². The molecule has 1 heterocycles. The molecule has 0 radical (unpaired) electrons. The maximum atomic E-state index is 12.9. The van der Waals surface area contributed by atoms with Gasteiger partial charge in [0.25, 0.3) is 5.91 Å². The minimum atomic E-state index is -0.502. The number of hydrogen-bond donors (Lipinski definition) is 0. The number of ether oxygens (including phenoxy) is 1. The zero-order valence-electron chi connectivity index (χ0n) is 11.9. The van der Waals surface area contributed by atoms with Crippen LogP contribution in [0.25, 0.3) is 11.0 Å². The molecule has 2 aromatic carbocycles. The summed E-state index contributed by atoms with van der Waals surface area (Å²) in [6.07, 6.45) is 1.46. The molecule has 1 aromatic heterocycles. The molecule has 0 atom stereocenters. The molecule has 116 valence electrons. The van der Waals surface area contributed by atoms with E-state index in [1.165, 1.54) is 17.8 Å². The van der Waals surface area contributed by atoms with Crippen molar-refractivity contribution in [1.29, 1.82) is 0 Å². The van der Waals surface area contributed by atoms with Crippen LogP contribution in [0.4, 0.5) is 0 Å². The summed E-state index contributed by atoms with van der Waals surface area (Å²) >= 11 is 6.67. The van der Waals surface area contributed by atoms with Crippen LogP contribution in [0.5, 0.6) is 5.75 Å². The Morgan fingerprint density at radius 3 is 2.65 bits per heavy atom. The molecule has 0 aliphatic heterocycles. The van der Waals surface area contributed by atoms with Crippen LogP contribution in [0, 0.1) is 0 Å². The number of para-hydroxylation sites is 2. The third kappa shape index (κ3) is 3.07. The fraction of sp³-hybridized carbons (Fsp3) is 0.0625. The van der Waals surface area contributed by atoms with Crippen molar-refractivity contribution in [3.63, 3.8) is 0 Å². The Kier molecular flexibility index (Phi) is 4.32. The topological polar surface area (TPSA) is 61.2 Å². The lowest BCUT2D eigenvalue weighted by Gasteiger charge is -2.11. The van der Waals surface area contributed by atoms with Crippen LogP contribution in [-0.2, 0) is 4.79 Å². The van der Waals surface area contributed by atoms with Crippen molar-refractivity contribution in [3.05, 3.63) is 57.2 Å². The van der Waals surface area contributed by atoms with E-state index in [0.29, 0.717) is 20.0 Å². The summed E-state index contributed by atoms with van der Waals surface area (Å²) in [5, 5.41) is 0. The summed E-state index contributed by atoms with van der Waals surface area (Å²) < 4.78 is 7.83. The molecule has 0 spiro atoms. The lowest BCUT2D eigenvalue weighted by molar-refractivity contribution is -0.131. The summed E-state index contributed by atoms with van der Waals surface area (Å²) in [5.74, 6) is -0.655. The summed E-state index contributed by atoms with van der Waals surface area (Å²) in [7, 11) is 0. The van der Waals surface area contributed by atoms with Gasteiger partial charge in [0.05, 0.1) is 21.1 Å². The quantitative estimate of drug-likeness (QED) is 0.445. The number of halogens is 2. The normalized spacial score (nSPS) is 10.7. The molecule has 0 amide bonds. The van der Waals surface area contributed by atoms with Gasteiger partial charge in [-0.15, -0.1) is 0 Å². The molecule has 3 aromatic rings. The lowest BCUT2D eigenvalue weighted by atomic mass is 10.2. The molecule has 0 aliphatic carbocycles. The Bertz CT molecular complexity index is 934. The largest absolute Gasteiger partial charge is 0.425 e.